The van der Waals surface area contributed by atoms with E-state index in [2.05, 4.69) is 27.7 Å². The topological polar surface area (TPSA) is 17.1 Å². The van der Waals surface area contributed by atoms with Crippen molar-refractivity contribution in [1.82, 2.24) is 0 Å². The predicted octanol–water partition coefficient (Wildman–Crippen LogP) is 3.82. The number of ketones is 1. The highest BCUT2D eigenvalue weighted by Crippen LogP contribution is 2.49. The van der Waals surface area contributed by atoms with Crippen molar-refractivity contribution in [2.24, 2.45) is 17.3 Å². The second kappa shape index (κ2) is 4.46. The lowest BCUT2D eigenvalue weighted by atomic mass is 9.64. The normalized spacial score (nSPS) is 31.9. The molecule has 0 aromatic rings. The van der Waals surface area contributed by atoms with E-state index in [1.54, 1.807) is 0 Å². The van der Waals surface area contributed by atoms with Gasteiger partial charge in [0.1, 0.15) is 5.78 Å². The summed E-state index contributed by atoms with van der Waals surface area (Å²) >= 11 is 0. The molecule has 1 aliphatic rings. The van der Waals surface area contributed by atoms with Gasteiger partial charge in [-0.2, -0.15) is 0 Å². The fourth-order valence-electron chi connectivity index (χ4n) is 3.17. The fourth-order valence-corrected chi connectivity index (χ4v) is 3.17. The van der Waals surface area contributed by atoms with Gasteiger partial charge in [0.25, 0.3) is 0 Å². The lowest BCUT2D eigenvalue weighted by molar-refractivity contribution is -0.131. The number of hydrogen-bond donors (Lipinski definition) is 0. The van der Waals surface area contributed by atoms with Crippen molar-refractivity contribution < 1.29 is 4.79 Å². The maximum absolute atomic E-state index is 12.1. The second-order valence-electron chi connectivity index (χ2n) is 4.94. The van der Waals surface area contributed by atoms with Gasteiger partial charge in [0.05, 0.1) is 0 Å². The molecule has 0 heterocycles. The van der Waals surface area contributed by atoms with Gasteiger partial charge in [0.2, 0.25) is 0 Å². The van der Waals surface area contributed by atoms with Crippen LogP contribution in [0.1, 0.15) is 59.8 Å². The zero-order valence-corrected chi connectivity index (χ0v) is 10.1. The Bertz CT molecular complexity index is 197. The van der Waals surface area contributed by atoms with E-state index in [1.807, 2.05) is 0 Å². The summed E-state index contributed by atoms with van der Waals surface area (Å²) in [5.74, 6) is 1.67. The molecule has 0 aromatic carbocycles. The Balaban J connectivity index is 2.95. The molecule has 0 aromatic heterocycles. The third-order valence-electron chi connectivity index (χ3n) is 4.50. The minimum atomic E-state index is 0.0312. The average Bonchev–Trinajstić information content (AvgIpc) is 2.59. The molecule has 1 aliphatic carbocycles. The van der Waals surface area contributed by atoms with Crippen LogP contribution in [0.5, 0.6) is 0 Å². The first kappa shape index (κ1) is 11.7. The summed E-state index contributed by atoms with van der Waals surface area (Å²) < 4.78 is 0. The van der Waals surface area contributed by atoms with Crippen molar-refractivity contribution in [1.29, 1.82) is 0 Å². The number of hydrogen-bond acceptors (Lipinski definition) is 1. The largest absolute Gasteiger partial charge is 0.299 e. The van der Waals surface area contributed by atoms with Gasteiger partial charge in [-0.3, -0.25) is 4.79 Å². The zero-order chi connectivity index (χ0) is 10.8. The van der Waals surface area contributed by atoms with Gasteiger partial charge >= 0.3 is 0 Å². The Morgan fingerprint density at radius 3 is 2.00 bits per heavy atom. The molecule has 14 heavy (non-hydrogen) atoms. The van der Waals surface area contributed by atoms with E-state index in [9.17, 15) is 4.79 Å². The molecule has 1 rings (SSSR count). The van der Waals surface area contributed by atoms with Crippen molar-refractivity contribution in [3.05, 3.63) is 0 Å². The fraction of sp³-hybridized carbons (Fsp3) is 0.923. The summed E-state index contributed by atoms with van der Waals surface area (Å²) in [6.07, 6.45) is 5.35. The third kappa shape index (κ3) is 1.62. The van der Waals surface area contributed by atoms with Gasteiger partial charge in [0, 0.05) is 11.8 Å². The van der Waals surface area contributed by atoms with Gasteiger partial charge < -0.3 is 0 Å². The molecule has 0 saturated heterocycles. The van der Waals surface area contributed by atoms with Crippen LogP contribution in [0.15, 0.2) is 0 Å². The molecule has 0 radical (unpaired) electrons. The van der Waals surface area contributed by atoms with E-state index in [0.717, 1.165) is 32.1 Å². The van der Waals surface area contributed by atoms with Crippen LogP contribution in [0.25, 0.3) is 0 Å². The second-order valence-corrected chi connectivity index (χ2v) is 4.94. The predicted molar refractivity (Wildman–Crippen MR) is 60.2 cm³/mol. The summed E-state index contributed by atoms with van der Waals surface area (Å²) in [4.78, 5) is 12.1. The quantitative estimate of drug-likeness (QED) is 0.668. The molecule has 1 heteroatoms. The summed E-state index contributed by atoms with van der Waals surface area (Å²) in [5.41, 5.74) is 0.0312. The summed E-state index contributed by atoms with van der Waals surface area (Å²) in [7, 11) is 0. The van der Waals surface area contributed by atoms with Crippen LogP contribution >= 0.6 is 0 Å². The number of carbonyl (C=O) groups excluding carboxylic acids is 1. The smallest absolute Gasteiger partial charge is 0.139 e. The van der Waals surface area contributed by atoms with Crippen molar-refractivity contribution >= 4 is 5.78 Å². The first-order valence-electron chi connectivity index (χ1n) is 6.12. The SMILES string of the molecule is CCC(C)C1(C(C)CC)CCCC1=O. The highest BCUT2D eigenvalue weighted by Gasteiger charge is 2.48. The number of Topliss-reactive ketones (excluding diaryl/α,β-unsaturated/α-hetero) is 1. The Hall–Kier alpha value is -0.330. The van der Waals surface area contributed by atoms with Crippen LogP contribution in [-0.4, -0.2) is 5.78 Å². The average molecular weight is 196 g/mol. The van der Waals surface area contributed by atoms with Crippen molar-refractivity contribution in [2.45, 2.75) is 59.8 Å². The summed E-state index contributed by atoms with van der Waals surface area (Å²) in [6, 6.07) is 0. The van der Waals surface area contributed by atoms with Gasteiger partial charge in [-0.1, -0.05) is 40.5 Å². The van der Waals surface area contributed by atoms with E-state index in [0.29, 0.717) is 17.6 Å². The minimum Gasteiger partial charge on any atom is -0.299 e. The molecule has 0 aliphatic heterocycles. The molecule has 0 bridgehead atoms. The van der Waals surface area contributed by atoms with Crippen LogP contribution in [-0.2, 0) is 4.79 Å². The van der Waals surface area contributed by atoms with Crippen molar-refractivity contribution in [3.63, 3.8) is 0 Å². The Kier molecular flexibility index (Phi) is 3.74. The van der Waals surface area contributed by atoms with Crippen LogP contribution in [0, 0.1) is 17.3 Å². The van der Waals surface area contributed by atoms with E-state index >= 15 is 0 Å². The molecule has 2 unspecified atom stereocenters. The molecule has 0 N–H and O–H groups in total. The van der Waals surface area contributed by atoms with Crippen LogP contribution in [0.2, 0.25) is 0 Å². The van der Waals surface area contributed by atoms with Crippen LogP contribution < -0.4 is 0 Å². The zero-order valence-electron chi connectivity index (χ0n) is 10.1. The monoisotopic (exact) mass is 196 g/mol. The Labute approximate surface area is 88.3 Å². The van der Waals surface area contributed by atoms with E-state index in [1.165, 1.54) is 0 Å². The summed E-state index contributed by atoms with van der Waals surface area (Å²) in [5, 5.41) is 0. The van der Waals surface area contributed by atoms with Crippen molar-refractivity contribution in [2.75, 3.05) is 0 Å². The highest BCUT2D eigenvalue weighted by molar-refractivity contribution is 5.87. The number of carbonyl (C=O) groups is 1. The van der Waals surface area contributed by atoms with E-state index in [4.69, 9.17) is 0 Å². The Morgan fingerprint density at radius 2 is 1.71 bits per heavy atom. The standard InChI is InChI=1S/C13H24O/c1-5-10(3)13(11(4)6-2)9-7-8-12(13)14/h10-11H,5-9H2,1-4H3. The van der Waals surface area contributed by atoms with Crippen LogP contribution in [0.4, 0.5) is 0 Å². The van der Waals surface area contributed by atoms with Gasteiger partial charge in [-0.05, 0) is 24.7 Å². The molecule has 1 nitrogen and oxygen atoms in total. The molecule has 2 atom stereocenters. The molecule has 82 valence electrons. The maximum atomic E-state index is 12.1. The van der Waals surface area contributed by atoms with E-state index in [-0.39, 0.29) is 5.41 Å². The van der Waals surface area contributed by atoms with Gasteiger partial charge in [0.15, 0.2) is 0 Å². The molecule has 0 amide bonds. The maximum Gasteiger partial charge on any atom is 0.139 e. The molecular weight excluding hydrogens is 172 g/mol. The highest BCUT2D eigenvalue weighted by atomic mass is 16.1. The molecule has 1 fully saturated rings. The molecular formula is C13H24O. The van der Waals surface area contributed by atoms with Crippen LogP contribution in [0.3, 0.4) is 0 Å². The molecule has 1 saturated carbocycles. The van der Waals surface area contributed by atoms with Crippen molar-refractivity contribution in [3.8, 4) is 0 Å². The first-order chi connectivity index (χ1) is 6.59. The van der Waals surface area contributed by atoms with Gasteiger partial charge in [-0.15, -0.1) is 0 Å². The third-order valence-corrected chi connectivity index (χ3v) is 4.50. The van der Waals surface area contributed by atoms with E-state index < -0.39 is 0 Å². The lowest BCUT2D eigenvalue weighted by Gasteiger charge is -2.38. The Morgan fingerprint density at radius 1 is 1.21 bits per heavy atom. The van der Waals surface area contributed by atoms with Gasteiger partial charge in [-0.25, -0.2) is 0 Å². The first-order valence-corrected chi connectivity index (χ1v) is 6.12. The minimum absolute atomic E-state index is 0.0312. The molecule has 0 spiro atoms. The summed E-state index contributed by atoms with van der Waals surface area (Å²) in [6.45, 7) is 8.94. The lowest BCUT2D eigenvalue weighted by Crippen LogP contribution is -2.39. The number of rotatable bonds is 4.